The molecule has 2 atom stereocenters. The molecule has 2 nitrogen and oxygen atoms in total. The summed E-state index contributed by atoms with van der Waals surface area (Å²) in [5.74, 6) is 0.970. The van der Waals surface area contributed by atoms with Gasteiger partial charge in [-0.05, 0) is 51.4 Å². The van der Waals surface area contributed by atoms with Crippen molar-refractivity contribution in [1.82, 2.24) is 9.80 Å². The number of likely N-dealkylation sites (tertiary alicyclic amines) is 2. The molecule has 2 fully saturated rings. The molecular formula is C12H24N2. The van der Waals surface area contributed by atoms with Gasteiger partial charge in [-0.25, -0.2) is 0 Å². The fraction of sp³-hybridized carbons (Fsp3) is 1.00. The third-order valence-corrected chi connectivity index (χ3v) is 4.12. The van der Waals surface area contributed by atoms with Crippen LogP contribution in [0.4, 0.5) is 0 Å². The van der Waals surface area contributed by atoms with Crippen LogP contribution < -0.4 is 0 Å². The molecule has 14 heavy (non-hydrogen) atoms. The molecule has 2 rings (SSSR count). The second kappa shape index (κ2) is 4.63. The zero-order valence-electron chi connectivity index (χ0n) is 9.71. The molecule has 0 spiro atoms. The average Bonchev–Trinajstić information content (AvgIpc) is 2.27. The van der Waals surface area contributed by atoms with Crippen molar-refractivity contribution < 1.29 is 0 Å². The van der Waals surface area contributed by atoms with E-state index in [2.05, 4.69) is 23.6 Å². The van der Waals surface area contributed by atoms with Crippen LogP contribution >= 0.6 is 0 Å². The number of hydrogen-bond donors (Lipinski definition) is 0. The van der Waals surface area contributed by atoms with E-state index in [4.69, 9.17) is 0 Å². The lowest BCUT2D eigenvalue weighted by Crippen LogP contribution is -2.53. The monoisotopic (exact) mass is 196 g/mol. The van der Waals surface area contributed by atoms with Gasteiger partial charge < -0.3 is 9.80 Å². The van der Waals surface area contributed by atoms with Gasteiger partial charge in [0.25, 0.3) is 0 Å². The maximum Gasteiger partial charge on any atom is 0.0148 e. The van der Waals surface area contributed by atoms with Crippen molar-refractivity contribution in [1.29, 1.82) is 0 Å². The van der Waals surface area contributed by atoms with Crippen molar-refractivity contribution in [3.05, 3.63) is 0 Å². The van der Waals surface area contributed by atoms with Gasteiger partial charge in [0, 0.05) is 12.6 Å². The SMILES string of the molecule is CCN1CCC2C(CCCN2CC)C1. The van der Waals surface area contributed by atoms with Gasteiger partial charge in [0.15, 0.2) is 0 Å². The Labute approximate surface area is 88.3 Å². The van der Waals surface area contributed by atoms with Gasteiger partial charge in [-0.1, -0.05) is 13.8 Å². The Bertz CT molecular complexity index is 181. The average molecular weight is 196 g/mol. The molecule has 0 saturated carbocycles. The second-order valence-corrected chi connectivity index (χ2v) is 4.78. The molecule has 2 saturated heterocycles. The predicted octanol–water partition coefficient (Wildman–Crippen LogP) is 1.81. The van der Waals surface area contributed by atoms with E-state index in [-0.39, 0.29) is 0 Å². The molecule has 0 aromatic carbocycles. The van der Waals surface area contributed by atoms with Crippen LogP contribution in [0.2, 0.25) is 0 Å². The summed E-state index contributed by atoms with van der Waals surface area (Å²) in [5, 5.41) is 0. The molecule has 2 heteroatoms. The Balaban J connectivity index is 1.96. The molecule has 0 N–H and O–H groups in total. The summed E-state index contributed by atoms with van der Waals surface area (Å²) in [5.41, 5.74) is 0. The highest BCUT2D eigenvalue weighted by atomic mass is 15.2. The van der Waals surface area contributed by atoms with Crippen molar-refractivity contribution in [3.8, 4) is 0 Å². The maximum absolute atomic E-state index is 2.71. The van der Waals surface area contributed by atoms with Crippen molar-refractivity contribution in [2.45, 2.75) is 39.2 Å². The van der Waals surface area contributed by atoms with E-state index in [1.807, 2.05) is 0 Å². The minimum absolute atomic E-state index is 0.913. The Morgan fingerprint density at radius 2 is 1.93 bits per heavy atom. The maximum atomic E-state index is 2.71. The van der Waals surface area contributed by atoms with Crippen LogP contribution in [0.1, 0.15) is 33.1 Å². The van der Waals surface area contributed by atoms with Crippen molar-refractivity contribution in [2.24, 2.45) is 5.92 Å². The van der Waals surface area contributed by atoms with Gasteiger partial charge in [-0.15, -0.1) is 0 Å². The van der Waals surface area contributed by atoms with E-state index in [0.29, 0.717) is 0 Å². The molecule has 0 bridgehead atoms. The topological polar surface area (TPSA) is 6.48 Å². The van der Waals surface area contributed by atoms with Crippen LogP contribution in [0.5, 0.6) is 0 Å². The number of nitrogens with zero attached hydrogens (tertiary/aromatic N) is 2. The molecule has 0 radical (unpaired) electrons. The smallest absolute Gasteiger partial charge is 0.0148 e. The molecule has 0 aliphatic carbocycles. The summed E-state index contributed by atoms with van der Waals surface area (Å²) in [6, 6.07) is 0.913. The van der Waals surface area contributed by atoms with Gasteiger partial charge >= 0.3 is 0 Å². The summed E-state index contributed by atoms with van der Waals surface area (Å²) < 4.78 is 0. The Morgan fingerprint density at radius 1 is 1.07 bits per heavy atom. The van der Waals surface area contributed by atoms with Crippen LogP contribution in [0.15, 0.2) is 0 Å². The van der Waals surface area contributed by atoms with E-state index in [9.17, 15) is 0 Å². The van der Waals surface area contributed by atoms with Gasteiger partial charge in [-0.2, -0.15) is 0 Å². The number of rotatable bonds is 2. The fourth-order valence-electron chi connectivity index (χ4n) is 3.26. The van der Waals surface area contributed by atoms with Gasteiger partial charge in [-0.3, -0.25) is 0 Å². The van der Waals surface area contributed by atoms with Crippen LogP contribution in [-0.2, 0) is 0 Å². The standard InChI is InChI=1S/C12H24N2/c1-3-13-9-7-12-11(10-13)6-5-8-14(12)4-2/h11-12H,3-10H2,1-2H3. The zero-order chi connectivity index (χ0) is 9.97. The third kappa shape index (κ3) is 1.96. The summed E-state index contributed by atoms with van der Waals surface area (Å²) in [4.78, 5) is 5.33. The van der Waals surface area contributed by atoms with Gasteiger partial charge in [0.2, 0.25) is 0 Å². The first-order chi connectivity index (χ1) is 6.85. The molecule has 2 unspecified atom stereocenters. The van der Waals surface area contributed by atoms with Crippen LogP contribution in [-0.4, -0.2) is 48.6 Å². The largest absolute Gasteiger partial charge is 0.303 e. The highest BCUT2D eigenvalue weighted by molar-refractivity contribution is 4.89. The normalized spacial score (nSPS) is 35.6. The number of piperidine rings is 2. The highest BCUT2D eigenvalue weighted by Gasteiger charge is 2.34. The quantitative estimate of drug-likeness (QED) is 0.664. The Morgan fingerprint density at radius 3 is 2.64 bits per heavy atom. The second-order valence-electron chi connectivity index (χ2n) is 4.78. The van der Waals surface area contributed by atoms with Crippen molar-refractivity contribution in [2.75, 3.05) is 32.7 Å². The lowest BCUT2D eigenvalue weighted by molar-refractivity contribution is 0.0281. The fourth-order valence-corrected chi connectivity index (χ4v) is 3.26. The summed E-state index contributed by atoms with van der Waals surface area (Å²) in [6.07, 6.45) is 4.30. The molecule has 0 aromatic heterocycles. The molecule has 2 aliphatic heterocycles. The molecule has 2 heterocycles. The van der Waals surface area contributed by atoms with Crippen LogP contribution in [0.25, 0.3) is 0 Å². The van der Waals surface area contributed by atoms with E-state index in [0.717, 1.165) is 12.0 Å². The molecule has 0 amide bonds. The molecule has 2 aliphatic rings. The molecule has 0 aromatic rings. The third-order valence-electron chi connectivity index (χ3n) is 4.12. The summed E-state index contributed by atoms with van der Waals surface area (Å²) in [6.45, 7) is 11.1. The number of fused-ring (bicyclic) bond motifs is 1. The predicted molar refractivity (Wildman–Crippen MR) is 60.5 cm³/mol. The minimum Gasteiger partial charge on any atom is -0.303 e. The summed E-state index contributed by atoms with van der Waals surface area (Å²) in [7, 11) is 0. The minimum atomic E-state index is 0.913. The van der Waals surface area contributed by atoms with E-state index < -0.39 is 0 Å². The van der Waals surface area contributed by atoms with Crippen LogP contribution in [0.3, 0.4) is 0 Å². The first-order valence-corrected chi connectivity index (χ1v) is 6.31. The number of hydrogen-bond acceptors (Lipinski definition) is 2. The molecule has 82 valence electrons. The lowest BCUT2D eigenvalue weighted by Gasteiger charge is -2.47. The van der Waals surface area contributed by atoms with Crippen molar-refractivity contribution >= 4 is 0 Å². The van der Waals surface area contributed by atoms with Crippen molar-refractivity contribution in [3.63, 3.8) is 0 Å². The van der Waals surface area contributed by atoms with E-state index in [1.165, 1.54) is 52.0 Å². The Hall–Kier alpha value is -0.0800. The van der Waals surface area contributed by atoms with Crippen LogP contribution in [0, 0.1) is 5.92 Å². The Kier molecular flexibility index (Phi) is 3.45. The lowest BCUT2D eigenvalue weighted by atomic mass is 9.84. The molecular weight excluding hydrogens is 172 g/mol. The van der Waals surface area contributed by atoms with Gasteiger partial charge in [0.05, 0.1) is 0 Å². The highest BCUT2D eigenvalue weighted by Crippen LogP contribution is 2.29. The first-order valence-electron chi connectivity index (χ1n) is 6.31. The van der Waals surface area contributed by atoms with E-state index >= 15 is 0 Å². The first kappa shape index (κ1) is 10.4. The zero-order valence-corrected chi connectivity index (χ0v) is 9.71. The van der Waals surface area contributed by atoms with Gasteiger partial charge in [0.1, 0.15) is 0 Å². The van der Waals surface area contributed by atoms with E-state index in [1.54, 1.807) is 0 Å². The summed E-state index contributed by atoms with van der Waals surface area (Å²) >= 11 is 0.